The van der Waals surface area contributed by atoms with Crippen LogP contribution in [0.2, 0.25) is 0 Å². The third-order valence-corrected chi connectivity index (χ3v) is 5.72. The van der Waals surface area contributed by atoms with Crippen LogP contribution in [0.4, 0.5) is 0 Å². The summed E-state index contributed by atoms with van der Waals surface area (Å²) in [7, 11) is 8.36. The van der Waals surface area contributed by atoms with Crippen molar-refractivity contribution in [3.05, 3.63) is 58.7 Å². The second kappa shape index (κ2) is 9.95. The number of para-hydroxylation sites is 1. The van der Waals surface area contributed by atoms with Crippen LogP contribution in [0.1, 0.15) is 22.7 Å². The van der Waals surface area contributed by atoms with E-state index in [4.69, 9.17) is 14.2 Å². The average Bonchev–Trinajstić information content (AvgIpc) is 3.06. The number of carbonyl (C=O) groups excluding carboxylic acids is 2. The number of likely N-dealkylation sites (tertiary alicyclic amines) is 1. The molecule has 1 atom stereocenters. The topological polar surface area (TPSA) is 88.5 Å². The maximum absolute atomic E-state index is 13.2. The summed E-state index contributed by atoms with van der Waals surface area (Å²) < 4.78 is 16.3. The molecule has 0 radical (unpaired) electrons. The Morgan fingerprint density at radius 2 is 1.73 bits per heavy atom. The van der Waals surface area contributed by atoms with Crippen LogP contribution >= 0.6 is 0 Å². The lowest BCUT2D eigenvalue weighted by molar-refractivity contribution is -0.140. The molecule has 1 aliphatic rings. The van der Waals surface area contributed by atoms with Crippen molar-refractivity contribution in [3.8, 4) is 17.2 Å². The van der Waals surface area contributed by atoms with Gasteiger partial charge in [-0.2, -0.15) is 0 Å². The summed E-state index contributed by atoms with van der Waals surface area (Å²) in [6.07, 6.45) is 0. The lowest BCUT2D eigenvalue weighted by Crippen LogP contribution is -2.35. The number of likely N-dealkylation sites (N-methyl/N-ethyl adjacent to an activating group) is 1. The van der Waals surface area contributed by atoms with Gasteiger partial charge in [-0.1, -0.05) is 12.1 Å². The molecule has 1 saturated heterocycles. The van der Waals surface area contributed by atoms with Crippen molar-refractivity contribution < 1.29 is 28.9 Å². The lowest BCUT2D eigenvalue weighted by Gasteiger charge is -2.28. The van der Waals surface area contributed by atoms with E-state index in [1.54, 1.807) is 43.5 Å². The molecule has 0 unspecified atom stereocenters. The number of ether oxygens (including phenoxy) is 3. The second-order valence-electron chi connectivity index (χ2n) is 8.06. The molecule has 0 aromatic heterocycles. The van der Waals surface area contributed by atoms with E-state index in [2.05, 4.69) is 0 Å². The Morgan fingerprint density at radius 1 is 1.03 bits per heavy atom. The molecule has 3 rings (SSSR count). The Hall–Kier alpha value is -3.52. The number of hydrogen-bond acceptors (Lipinski definition) is 7. The number of aliphatic hydroxyl groups excluding tert-OH is 1. The Morgan fingerprint density at radius 3 is 2.30 bits per heavy atom. The molecule has 8 heteroatoms. The normalized spacial score (nSPS) is 17.5. The van der Waals surface area contributed by atoms with Crippen molar-refractivity contribution in [2.75, 3.05) is 48.5 Å². The smallest absolute Gasteiger partial charge is 0.295 e. The van der Waals surface area contributed by atoms with Gasteiger partial charge in [0.25, 0.3) is 11.7 Å². The van der Waals surface area contributed by atoms with E-state index in [-0.39, 0.29) is 11.3 Å². The van der Waals surface area contributed by atoms with Crippen molar-refractivity contribution >= 4 is 17.4 Å². The first-order chi connectivity index (χ1) is 15.7. The Kier molecular flexibility index (Phi) is 7.28. The summed E-state index contributed by atoms with van der Waals surface area (Å²) >= 11 is 0. The molecule has 2 aromatic rings. The van der Waals surface area contributed by atoms with E-state index in [0.29, 0.717) is 41.5 Å². The molecule has 0 bridgehead atoms. The van der Waals surface area contributed by atoms with Crippen LogP contribution in [0.15, 0.2) is 42.0 Å². The quantitative estimate of drug-likeness (QED) is 0.373. The molecular weight excluding hydrogens is 424 g/mol. The molecule has 1 N–H and O–H groups in total. The maximum Gasteiger partial charge on any atom is 0.295 e. The van der Waals surface area contributed by atoms with Gasteiger partial charge in [-0.3, -0.25) is 9.59 Å². The van der Waals surface area contributed by atoms with Gasteiger partial charge in [0.15, 0.2) is 11.5 Å². The van der Waals surface area contributed by atoms with E-state index in [9.17, 15) is 14.7 Å². The van der Waals surface area contributed by atoms with Crippen LogP contribution in [0.3, 0.4) is 0 Å². The molecule has 8 nitrogen and oxygen atoms in total. The van der Waals surface area contributed by atoms with Crippen molar-refractivity contribution in [2.24, 2.45) is 0 Å². The maximum atomic E-state index is 13.2. The van der Waals surface area contributed by atoms with Crippen LogP contribution in [-0.2, 0) is 9.59 Å². The zero-order valence-corrected chi connectivity index (χ0v) is 19.8. The molecule has 0 aliphatic carbocycles. The van der Waals surface area contributed by atoms with Crippen molar-refractivity contribution in [1.82, 2.24) is 9.80 Å². The van der Waals surface area contributed by atoms with E-state index in [1.165, 1.54) is 19.1 Å². The Balaban J connectivity index is 2.25. The summed E-state index contributed by atoms with van der Waals surface area (Å²) in [4.78, 5) is 29.7. The molecule has 1 aliphatic heterocycles. The average molecular weight is 455 g/mol. The summed E-state index contributed by atoms with van der Waals surface area (Å²) in [5.74, 6) is -0.134. The monoisotopic (exact) mass is 454 g/mol. The van der Waals surface area contributed by atoms with Gasteiger partial charge in [0, 0.05) is 24.2 Å². The first kappa shape index (κ1) is 24.1. The van der Waals surface area contributed by atoms with Gasteiger partial charge < -0.3 is 29.1 Å². The fourth-order valence-electron chi connectivity index (χ4n) is 4.05. The SMILES string of the molecule is COc1ccc(C(O)=C2C(=O)C(=O)N(CCN(C)C)[C@H]2c2cccc(OC)c2OC)cc1C. The van der Waals surface area contributed by atoms with Gasteiger partial charge in [0.1, 0.15) is 11.5 Å². The molecule has 2 aromatic carbocycles. The number of Topliss-reactive ketones (excluding diaryl/α,β-unsaturated/α-hetero) is 1. The van der Waals surface area contributed by atoms with Crippen LogP contribution in [-0.4, -0.2) is 75.1 Å². The predicted octanol–water partition coefficient (Wildman–Crippen LogP) is 3.00. The summed E-state index contributed by atoms with van der Waals surface area (Å²) in [6.45, 7) is 2.67. The molecule has 1 heterocycles. The zero-order chi connectivity index (χ0) is 24.3. The van der Waals surface area contributed by atoms with Crippen molar-refractivity contribution in [2.45, 2.75) is 13.0 Å². The van der Waals surface area contributed by atoms with Crippen LogP contribution in [0, 0.1) is 6.92 Å². The Bertz CT molecular complexity index is 1090. The summed E-state index contributed by atoms with van der Waals surface area (Å²) in [5.41, 5.74) is 1.78. The van der Waals surface area contributed by atoms with E-state index in [1.807, 2.05) is 25.9 Å². The molecule has 0 spiro atoms. The number of benzene rings is 2. The molecule has 0 saturated carbocycles. The van der Waals surface area contributed by atoms with Gasteiger partial charge >= 0.3 is 0 Å². The number of rotatable bonds is 8. The van der Waals surface area contributed by atoms with Gasteiger partial charge in [-0.15, -0.1) is 0 Å². The first-order valence-corrected chi connectivity index (χ1v) is 10.5. The third kappa shape index (κ3) is 4.52. The second-order valence-corrected chi connectivity index (χ2v) is 8.06. The summed E-state index contributed by atoms with van der Waals surface area (Å²) in [6, 6.07) is 9.54. The molecular formula is C25H30N2O6. The highest BCUT2D eigenvalue weighted by Crippen LogP contribution is 2.45. The van der Waals surface area contributed by atoms with E-state index in [0.717, 1.165) is 5.56 Å². The molecule has 176 valence electrons. The van der Waals surface area contributed by atoms with Crippen LogP contribution in [0.25, 0.3) is 5.76 Å². The number of aryl methyl sites for hydroxylation is 1. The van der Waals surface area contributed by atoms with E-state index < -0.39 is 17.7 Å². The fourth-order valence-corrected chi connectivity index (χ4v) is 4.05. The number of methoxy groups -OCH3 is 3. The highest BCUT2D eigenvalue weighted by molar-refractivity contribution is 6.46. The third-order valence-electron chi connectivity index (χ3n) is 5.72. The largest absolute Gasteiger partial charge is 0.507 e. The standard InChI is InChI=1S/C25H30N2O6/c1-15-14-16(10-11-18(15)31-4)22(28)20-21(17-8-7-9-19(32-5)24(17)33-6)27(13-12-26(2)3)25(30)23(20)29/h7-11,14,21,28H,12-13H2,1-6H3/t21-/m0/s1. The lowest BCUT2D eigenvalue weighted by atomic mass is 9.94. The number of carbonyl (C=O) groups is 2. The minimum Gasteiger partial charge on any atom is -0.507 e. The number of hydrogen-bond donors (Lipinski definition) is 1. The predicted molar refractivity (Wildman–Crippen MR) is 125 cm³/mol. The van der Waals surface area contributed by atoms with Gasteiger partial charge in [0.05, 0.1) is 32.9 Å². The van der Waals surface area contributed by atoms with E-state index >= 15 is 0 Å². The minimum atomic E-state index is -0.836. The van der Waals surface area contributed by atoms with Gasteiger partial charge in [-0.25, -0.2) is 0 Å². The molecule has 1 amide bonds. The first-order valence-electron chi connectivity index (χ1n) is 10.5. The zero-order valence-electron chi connectivity index (χ0n) is 19.8. The van der Waals surface area contributed by atoms with Crippen LogP contribution in [0.5, 0.6) is 17.2 Å². The summed E-state index contributed by atoms with van der Waals surface area (Å²) in [5, 5.41) is 11.3. The van der Waals surface area contributed by atoms with Gasteiger partial charge in [0.2, 0.25) is 0 Å². The number of nitrogens with zero attached hydrogens (tertiary/aromatic N) is 2. The number of aliphatic hydroxyl groups is 1. The highest BCUT2D eigenvalue weighted by Gasteiger charge is 2.47. The molecule has 33 heavy (non-hydrogen) atoms. The number of amides is 1. The van der Waals surface area contributed by atoms with Crippen molar-refractivity contribution in [1.29, 1.82) is 0 Å². The van der Waals surface area contributed by atoms with Crippen LogP contribution < -0.4 is 14.2 Å². The Labute approximate surface area is 194 Å². The molecule has 1 fully saturated rings. The minimum absolute atomic E-state index is 0.00914. The number of ketones is 1. The van der Waals surface area contributed by atoms with Gasteiger partial charge in [-0.05, 0) is 50.8 Å². The highest BCUT2D eigenvalue weighted by atomic mass is 16.5. The fraction of sp³-hybridized carbons (Fsp3) is 0.360. The van der Waals surface area contributed by atoms with Crippen molar-refractivity contribution in [3.63, 3.8) is 0 Å².